The zero-order chi connectivity index (χ0) is 17.7. The van der Waals surface area contributed by atoms with E-state index < -0.39 is 18.0 Å². The molecule has 0 saturated carbocycles. The second kappa shape index (κ2) is 7.55. The highest BCUT2D eigenvalue weighted by Gasteiger charge is 2.19. The number of ketones is 1. The van der Waals surface area contributed by atoms with E-state index in [2.05, 4.69) is 5.32 Å². The lowest BCUT2D eigenvalue weighted by Gasteiger charge is -2.14. The van der Waals surface area contributed by atoms with E-state index in [-0.39, 0.29) is 5.78 Å². The fourth-order valence-corrected chi connectivity index (χ4v) is 2.00. The van der Waals surface area contributed by atoms with Gasteiger partial charge in [0.05, 0.1) is 5.56 Å². The van der Waals surface area contributed by atoms with Crippen molar-refractivity contribution in [2.75, 3.05) is 5.32 Å². The highest BCUT2D eigenvalue weighted by Crippen LogP contribution is 2.12. The molecule has 124 valence electrons. The number of anilines is 1. The Morgan fingerprint density at radius 3 is 2.00 bits per heavy atom. The van der Waals surface area contributed by atoms with Crippen molar-refractivity contribution in [3.8, 4) is 0 Å². The van der Waals surface area contributed by atoms with Crippen LogP contribution in [0.4, 0.5) is 5.69 Å². The molecule has 24 heavy (non-hydrogen) atoms. The van der Waals surface area contributed by atoms with E-state index in [0.29, 0.717) is 16.8 Å². The van der Waals surface area contributed by atoms with Crippen LogP contribution in [0.2, 0.25) is 0 Å². The average molecular weight is 325 g/mol. The number of rotatable bonds is 5. The van der Waals surface area contributed by atoms with E-state index in [4.69, 9.17) is 4.74 Å². The Bertz CT molecular complexity index is 748. The summed E-state index contributed by atoms with van der Waals surface area (Å²) in [6.45, 7) is 4.90. The highest BCUT2D eigenvalue weighted by molar-refractivity contribution is 5.98. The summed E-state index contributed by atoms with van der Waals surface area (Å²) in [4.78, 5) is 35.3. The van der Waals surface area contributed by atoms with Gasteiger partial charge in [-0.3, -0.25) is 9.59 Å². The molecule has 0 aliphatic heterocycles. The lowest BCUT2D eigenvalue weighted by atomic mass is 10.1. The van der Waals surface area contributed by atoms with Gasteiger partial charge in [0.2, 0.25) is 0 Å². The van der Waals surface area contributed by atoms with Crippen molar-refractivity contribution >= 4 is 23.3 Å². The number of amides is 1. The third-order valence-corrected chi connectivity index (χ3v) is 3.50. The minimum absolute atomic E-state index is 0.0479. The predicted molar refractivity (Wildman–Crippen MR) is 91.1 cm³/mol. The molecule has 0 aliphatic rings. The van der Waals surface area contributed by atoms with Crippen LogP contribution >= 0.6 is 0 Å². The van der Waals surface area contributed by atoms with E-state index in [1.165, 1.54) is 13.8 Å². The van der Waals surface area contributed by atoms with Crippen molar-refractivity contribution in [3.63, 3.8) is 0 Å². The fraction of sp³-hybridized carbons (Fsp3) is 0.211. The number of Topliss-reactive ketones (excluding diaryl/α,β-unsaturated/α-hetero) is 1. The van der Waals surface area contributed by atoms with Crippen molar-refractivity contribution in [2.24, 2.45) is 0 Å². The topological polar surface area (TPSA) is 72.5 Å². The molecule has 0 spiro atoms. The van der Waals surface area contributed by atoms with Crippen molar-refractivity contribution in [2.45, 2.75) is 26.9 Å². The van der Waals surface area contributed by atoms with Gasteiger partial charge in [-0.15, -0.1) is 0 Å². The van der Waals surface area contributed by atoms with E-state index >= 15 is 0 Å². The molecule has 0 heterocycles. The molecule has 2 rings (SSSR count). The van der Waals surface area contributed by atoms with Gasteiger partial charge >= 0.3 is 5.97 Å². The Hall–Kier alpha value is -2.95. The molecule has 0 aliphatic carbocycles. The van der Waals surface area contributed by atoms with Gasteiger partial charge in [-0.2, -0.15) is 0 Å². The van der Waals surface area contributed by atoms with Crippen molar-refractivity contribution in [3.05, 3.63) is 65.2 Å². The Balaban J connectivity index is 1.95. The third-order valence-electron chi connectivity index (χ3n) is 3.50. The zero-order valence-electron chi connectivity index (χ0n) is 13.8. The molecule has 5 nitrogen and oxygen atoms in total. The molecular formula is C19H19NO4. The van der Waals surface area contributed by atoms with E-state index in [9.17, 15) is 14.4 Å². The molecule has 0 unspecified atom stereocenters. The van der Waals surface area contributed by atoms with Crippen LogP contribution in [0.25, 0.3) is 0 Å². The smallest absolute Gasteiger partial charge is 0.338 e. The summed E-state index contributed by atoms with van der Waals surface area (Å²) >= 11 is 0. The molecule has 5 heteroatoms. The fourth-order valence-electron chi connectivity index (χ4n) is 2.00. The summed E-state index contributed by atoms with van der Waals surface area (Å²) in [6.07, 6.45) is -0.939. The number of benzene rings is 2. The Kier molecular flexibility index (Phi) is 5.47. The summed E-state index contributed by atoms with van der Waals surface area (Å²) in [7, 11) is 0. The van der Waals surface area contributed by atoms with Crippen LogP contribution in [0.5, 0.6) is 0 Å². The minimum Gasteiger partial charge on any atom is -0.449 e. The lowest BCUT2D eigenvalue weighted by molar-refractivity contribution is -0.123. The number of aryl methyl sites for hydroxylation is 1. The summed E-state index contributed by atoms with van der Waals surface area (Å²) in [6, 6.07) is 13.4. The average Bonchev–Trinajstić information content (AvgIpc) is 2.55. The largest absolute Gasteiger partial charge is 0.449 e. The van der Waals surface area contributed by atoms with Crippen LogP contribution in [0.15, 0.2) is 48.5 Å². The second-order valence-corrected chi connectivity index (χ2v) is 5.54. The number of carbonyl (C=O) groups is 3. The molecule has 0 radical (unpaired) electrons. The third kappa shape index (κ3) is 4.52. The molecule has 1 atom stereocenters. The standard InChI is InChI=1S/C19H19NO4/c1-12-4-6-16(7-5-12)19(23)24-14(3)18(22)20-17-10-8-15(9-11-17)13(2)21/h4-11,14H,1-3H3,(H,20,22)/t14-/m1/s1. The lowest BCUT2D eigenvalue weighted by Crippen LogP contribution is -2.30. The highest BCUT2D eigenvalue weighted by atomic mass is 16.5. The number of ether oxygens (including phenoxy) is 1. The van der Waals surface area contributed by atoms with Gasteiger partial charge in [0.1, 0.15) is 0 Å². The van der Waals surface area contributed by atoms with Crippen LogP contribution in [-0.4, -0.2) is 23.8 Å². The molecule has 0 fully saturated rings. The number of hydrogen-bond donors (Lipinski definition) is 1. The first-order chi connectivity index (χ1) is 11.4. The van der Waals surface area contributed by atoms with Crippen LogP contribution in [0, 0.1) is 6.92 Å². The molecular weight excluding hydrogens is 306 g/mol. The van der Waals surface area contributed by atoms with Gasteiger partial charge in [0.15, 0.2) is 11.9 Å². The SMILES string of the molecule is CC(=O)c1ccc(NC(=O)[C@@H](C)OC(=O)c2ccc(C)cc2)cc1. The first-order valence-electron chi connectivity index (χ1n) is 7.56. The van der Waals surface area contributed by atoms with Gasteiger partial charge < -0.3 is 10.1 Å². The quantitative estimate of drug-likeness (QED) is 0.675. The second-order valence-electron chi connectivity index (χ2n) is 5.54. The van der Waals surface area contributed by atoms with E-state index in [1.54, 1.807) is 48.5 Å². The summed E-state index contributed by atoms with van der Waals surface area (Å²) in [5.41, 5.74) is 2.52. The Labute approximate surface area is 140 Å². The Morgan fingerprint density at radius 1 is 0.917 bits per heavy atom. The predicted octanol–water partition coefficient (Wildman–Crippen LogP) is 3.38. The summed E-state index contributed by atoms with van der Waals surface area (Å²) in [5, 5.41) is 2.65. The zero-order valence-corrected chi connectivity index (χ0v) is 13.8. The normalized spacial score (nSPS) is 11.5. The van der Waals surface area contributed by atoms with Crippen molar-refractivity contribution < 1.29 is 19.1 Å². The molecule has 0 saturated heterocycles. The Morgan fingerprint density at radius 2 is 1.46 bits per heavy atom. The summed E-state index contributed by atoms with van der Waals surface area (Å²) < 4.78 is 5.17. The van der Waals surface area contributed by atoms with Crippen LogP contribution in [0.3, 0.4) is 0 Å². The van der Waals surface area contributed by atoms with Crippen LogP contribution in [-0.2, 0) is 9.53 Å². The molecule has 0 aromatic heterocycles. The maximum absolute atomic E-state index is 12.1. The summed E-state index contributed by atoms with van der Waals surface area (Å²) in [5.74, 6) is -1.04. The van der Waals surface area contributed by atoms with Crippen LogP contribution < -0.4 is 5.32 Å². The first-order valence-corrected chi connectivity index (χ1v) is 7.56. The maximum Gasteiger partial charge on any atom is 0.338 e. The monoisotopic (exact) mass is 325 g/mol. The van der Waals surface area contributed by atoms with E-state index in [0.717, 1.165) is 5.56 Å². The van der Waals surface area contributed by atoms with Gasteiger partial charge in [-0.05, 0) is 57.2 Å². The maximum atomic E-state index is 12.1. The van der Waals surface area contributed by atoms with E-state index in [1.807, 2.05) is 6.92 Å². The van der Waals surface area contributed by atoms with Gasteiger partial charge in [-0.25, -0.2) is 4.79 Å². The minimum atomic E-state index is -0.939. The number of carbonyl (C=O) groups excluding carboxylic acids is 3. The van der Waals surface area contributed by atoms with Gasteiger partial charge in [0.25, 0.3) is 5.91 Å². The number of esters is 1. The molecule has 1 N–H and O–H groups in total. The first kappa shape index (κ1) is 17.4. The van der Waals surface area contributed by atoms with Crippen molar-refractivity contribution in [1.29, 1.82) is 0 Å². The van der Waals surface area contributed by atoms with Gasteiger partial charge in [-0.1, -0.05) is 17.7 Å². The van der Waals surface area contributed by atoms with Crippen molar-refractivity contribution in [1.82, 2.24) is 0 Å². The molecule has 2 aromatic carbocycles. The molecule has 0 bridgehead atoms. The molecule has 1 amide bonds. The number of hydrogen-bond acceptors (Lipinski definition) is 4. The molecule has 2 aromatic rings. The van der Waals surface area contributed by atoms with Crippen LogP contribution in [0.1, 0.15) is 40.1 Å². The number of nitrogens with one attached hydrogen (secondary N) is 1. The van der Waals surface area contributed by atoms with Gasteiger partial charge in [0, 0.05) is 11.3 Å².